The first kappa shape index (κ1) is 11.2. The Morgan fingerprint density at radius 1 is 1.28 bits per heavy atom. The average Bonchev–Trinajstić information content (AvgIpc) is 2.86. The van der Waals surface area contributed by atoms with E-state index in [0.29, 0.717) is 0 Å². The van der Waals surface area contributed by atoms with E-state index in [9.17, 15) is 0 Å². The van der Waals surface area contributed by atoms with E-state index in [1.54, 1.807) is 0 Å². The van der Waals surface area contributed by atoms with Gasteiger partial charge < -0.3 is 10.2 Å². The fourth-order valence-corrected chi connectivity index (χ4v) is 2.31. The molecule has 0 aromatic carbocycles. The monoisotopic (exact) mass is 243 g/mol. The van der Waals surface area contributed by atoms with Crippen LogP contribution < -0.4 is 10.2 Å². The molecule has 1 aliphatic rings. The van der Waals surface area contributed by atoms with Gasteiger partial charge in [-0.1, -0.05) is 0 Å². The van der Waals surface area contributed by atoms with E-state index in [0.717, 1.165) is 43.1 Å². The van der Waals surface area contributed by atoms with Gasteiger partial charge in [-0.2, -0.15) is 5.10 Å². The summed E-state index contributed by atoms with van der Waals surface area (Å²) in [5.41, 5.74) is 2.28. The highest BCUT2D eigenvalue weighted by Crippen LogP contribution is 2.28. The first-order valence-corrected chi connectivity index (χ1v) is 6.24. The van der Waals surface area contributed by atoms with Gasteiger partial charge in [0, 0.05) is 56.7 Å². The molecule has 0 unspecified atom stereocenters. The summed E-state index contributed by atoms with van der Waals surface area (Å²) in [4.78, 5) is 6.88. The smallest absolute Gasteiger partial charge is 0.136 e. The summed E-state index contributed by atoms with van der Waals surface area (Å²) in [7, 11) is 1.93. The second-order valence-corrected chi connectivity index (χ2v) is 4.51. The minimum Gasteiger partial charge on any atom is -0.354 e. The van der Waals surface area contributed by atoms with Crippen LogP contribution in [0.2, 0.25) is 0 Å². The van der Waals surface area contributed by atoms with Crippen LogP contribution in [0, 0.1) is 0 Å². The first-order chi connectivity index (χ1) is 8.84. The summed E-state index contributed by atoms with van der Waals surface area (Å²) >= 11 is 0. The largest absolute Gasteiger partial charge is 0.354 e. The lowest BCUT2D eigenvalue weighted by Gasteiger charge is -2.29. The maximum absolute atomic E-state index is 4.55. The fourth-order valence-electron chi connectivity index (χ4n) is 2.31. The third-order valence-electron chi connectivity index (χ3n) is 3.22. The molecule has 0 saturated carbocycles. The van der Waals surface area contributed by atoms with Gasteiger partial charge in [0.1, 0.15) is 5.82 Å². The van der Waals surface area contributed by atoms with Crippen LogP contribution in [-0.4, -0.2) is 40.9 Å². The topological polar surface area (TPSA) is 46.0 Å². The van der Waals surface area contributed by atoms with E-state index < -0.39 is 0 Å². The van der Waals surface area contributed by atoms with Crippen molar-refractivity contribution in [1.29, 1.82) is 0 Å². The van der Waals surface area contributed by atoms with Crippen molar-refractivity contribution >= 4 is 5.82 Å². The molecule has 0 bridgehead atoms. The molecule has 2 aromatic rings. The van der Waals surface area contributed by atoms with Gasteiger partial charge in [0.15, 0.2) is 0 Å². The molecule has 1 aliphatic heterocycles. The number of nitrogens with zero attached hydrogens (tertiary/aromatic N) is 4. The first-order valence-electron chi connectivity index (χ1n) is 6.24. The number of hydrogen-bond donors (Lipinski definition) is 1. The Labute approximate surface area is 106 Å². The van der Waals surface area contributed by atoms with E-state index in [2.05, 4.69) is 26.4 Å². The van der Waals surface area contributed by atoms with Crippen LogP contribution in [0.15, 0.2) is 30.7 Å². The lowest BCUT2D eigenvalue weighted by molar-refractivity contribution is 0.585. The zero-order chi connectivity index (χ0) is 12.4. The second kappa shape index (κ2) is 4.78. The lowest BCUT2D eigenvalue weighted by atomic mass is 10.1. The van der Waals surface area contributed by atoms with Gasteiger partial charge in [0.2, 0.25) is 0 Å². The van der Waals surface area contributed by atoms with Crippen LogP contribution in [0.4, 0.5) is 5.82 Å². The number of aryl methyl sites for hydroxylation is 1. The van der Waals surface area contributed by atoms with Gasteiger partial charge >= 0.3 is 0 Å². The van der Waals surface area contributed by atoms with Gasteiger partial charge in [-0.05, 0) is 12.1 Å². The molecule has 0 atom stereocenters. The highest BCUT2D eigenvalue weighted by atomic mass is 15.2. The molecule has 18 heavy (non-hydrogen) atoms. The maximum atomic E-state index is 4.55. The molecule has 3 rings (SSSR count). The van der Waals surface area contributed by atoms with Gasteiger partial charge in [0.05, 0.1) is 6.20 Å². The van der Waals surface area contributed by atoms with Crippen LogP contribution in [0.3, 0.4) is 0 Å². The summed E-state index contributed by atoms with van der Waals surface area (Å²) in [6, 6.07) is 4.09. The fraction of sp³-hybridized carbons (Fsp3) is 0.385. The summed E-state index contributed by atoms with van der Waals surface area (Å²) in [5.74, 6) is 1.06. The molecule has 5 heteroatoms. The molecule has 5 nitrogen and oxygen atoms in total. The number of nitrogens with one attached hydrogen (secondary N) is 1. The Morgan fingerprint density at radius 2 is 2.11 bits per heavy atom. The Bertz CT molecular complexity index is 528. The highest BCUT2D eigenvalue weighted by Gasteiger charge is 2.16. The molecule has 0 aliphatic carbocycles. The molecule has 0 radical (unpaired) electrons. The predicted molar refractivity (Wildman–Crippen MR) is 71.5 cm³/mol. The SMILES string of the molecule is Cn1cc(-c2cccnc2N2CCNCC2)cn1. The van der Waals surface area contributed by atoms with Crippen LogP contribution in [0.25, 0.3) is 11.1 Å². The Morgan fingerprint density at radius 3 is 2.83 bits per heavy atom. The Hall–Kier alpha value is -1.88. The van der Waals surface area contributed by atoms with Crippen molar-refractivity contribution in [3.63, 3.8) is 0 Å². The maximum Gasteiger partial charge on any atom is 0.136 e. The Balaban J connectivity index is 1.99. The van der Waals surface area contributed by atoms with Crippen molar-refractivity contribution in [2.75, 3.05) is 31.1 Å². The normalized spacial score (nSPS) is 15.9. The van der Waals surface area contributed by atoms with E-state index in [1.807, 2.05) is 36.4 Å². The summed E-state index contributed by atoms with van der Waals surface area (Å²) < 4.78 is 1.82. The minimum absolute atomic E-state index is 1.00. The number of rotatable bonds is 2. The molecule has 1 N–H and O–H groups in total. The van der Waals surface area contributed by atoms with E-state index >= 15 is 0 Å². The van der Waals surface area contributed by atoms with E-state index in [1.165, 1.54) is 0 Å². The molecule has 0 amide bonds. The van der Waals surface area contributed by atoms with Crippen LogP contribution in [-0.2, 0) is 7.05 Å². The molecule has 2 aromatic heterocycles. The summed E-state index contributed by atoms with van der Waals surface area (Å²) in [6.07, 6.45) is 5.78. The summed E-state index contributed by atoms with van der Waals surface area (Å²) in [6.45, 7) is 4.04. The molecular formula is C13H17N5. The van der Waals surface area contributed by atoms with Crippen molar-refractivity contribution in [3.8, 4) is 11.1 Å². The lowest BCUT2D eigenvalue weighted by Crippen LogP contribution is -2.44. The summed E-state index contributed by atoms with van der Waals surface area (Å²) in [5, 5.41) is 7.60. The number of aromatic nitrogens is 3. The highest BCUT2D eigenvalue weighted by molar-refractivity contribution is 5.75. The van der Waals surface area contributed by atoms with Crippen molar-refractivity contribution in [2.45, 2.75) is 0 Å². The number of piperazine rings is 1. The zero-order valence-corrected chi connectivity index (χ0v) is 10.5. The van der Waals surface area contributed by atoms with Crippen LogP contribution in [0.5, 0.6) is 0 Å². The van der Waals surface area contributed by atoms with Gasteiger partial charge in [-0.3, -0.25) is 4.68 Å². The number of pyridine rings is 1. The third-order valence-corrected chi connectivity index (χ3v) is 3.22. The van der Waals surface area contributed by atoms with E-state index in [4.69, 9.17) is 0 Å². The van der Waals surface area contributed by atoms with Crippen molar-refractivity contribution in [2.24, 2.45) is 7.05 Å². The van der Waals surface area contributed by atoms with Gasteiger partial charge in [0.25, 0.3) is 0 Å². The molecule has 1 fully saturated rings. The molecule has 3 heterocycles. The molecule has 0 spiro atoms. The number of anilines is 1. The Kier molecular flexibility index (Phi) is 2.98. The number of hydrogen-bond acceptors (Lipinski definition) is 4. The second-order valence-electron chi connectivity index (χ2n) is 4.51. The van der Waals surface area contributed by atoms with Crippen molar-refractivity contribution < 1.29 is 0 Å². The van der Waals surface area contributed by atoms with Crippen LogP contribution >= 0.6 is 0 Å². The van der Waals surface area contributed by atoms with E-state index in [-0.39, 0.29) is 0 Å². The molecule has 94 valence electrons. The quantitative estimate of drug-likeness (QED) is 0.851. The van der Waals surface area contributed by atoms with Crippen molar-refractivity contribution in [3.05, 3.63) is 30.7 Å². The average molecular weight is 243 g/mol. The van der Waals surface area contributed by atoms with Crippen LogP contribution in [0.1, 0.15) is 0 Å². The third kappa shape index (κ3) is 2.09. The molecular weight excluding hydrogens is 226 g/mol. The van der Waals surface area contributed by atoms with Crippen molar-refractivity contribution in [1.82, 2.24) is 20.1 Å². The molecule has 1 saturated heterocycles. The van der Waals surface area contributed by atoms with Gasteiger partial charge in [-0.15, -0.1) is 0 Å². The zero-order valence-electron chi connectivity index (χ0n) is 10.5. The standard InChI is InChI=1S/C13H17N5/c1-17-10-11(9-16-17)12-3-2-4-15-13(12)18-7-5-14-6-8-18/h2-4,9-10,14H,5-8H2,1H3. The predicted octanol–water partition coefficient (Wildman–Crippen LogP) is 0.892. The van der Waals surface area contributed by atoms with Gasteiger partial charge in [-0.25, -0.2) is 4.98 Å². The minimum atomic E-state index is 1.00.